The molecule has 1 saturated heterocycles. The number of ether oxygens (including phenoxy) is 1. The molecule has 3 aromatic carbocycles. The predicted molar refractivity (Wildman–Crippen MR) is 131 cm³/mol. The number of hydrogen-bond donors (Lipinski definition) is 0. The third-order valence-electron chi connectivity index (χ3n) is 6.40. The summed E-state index contributed by atoms with van der Waals surface area (Å²) in [5, 5.41) is 0. The molecule has 170 valence electrons. The average Bonchev–Trinajstić information content (AvgIpc) is 2.86. The largest absolute Gasteiger partial charge is 0.452 e. The van der Waals surface area contributed by atoms with Crippen LogP contribution < -0.4 is 4.90 Å². The van der Waals surface area contributed by atoms with Crippen LogP contribution in [0.5, 0.6) is 0 Å². The van der Waals surface area contributed by atoms with Crippen molar-refractivity contribution in [2.45, 2.75) is 50.7 Å². The lowest BCUT2D eigenvalue weighted by Crippen LogP contribution is -2.56. The van der Waals surface area contributed by atoms with Crippen LogP contribution in [0.15, 0.2) is 91.0 Å². The van der Waals surface area contributed by atoms with E-state index in [0.717, 1.165) is 36.1 Å². The highest BCUT2D eigenvalue weighted by molar-refractivity contribution is 6.08. The SMILES string of the molecule is CCCCN(c1ccccc1)C1C(=O)CC(CCc2ccccc2)(c2ccccc2)OC1=O. The summed E-state index contributed by atoms with van der Waals surface area (Å²) in [7, 11) is 0. The molecule has 33 heavy (non-hydrogen) atoms. The van der Waals surface area contributed by atoms with Gasteiger partial charge in [0.1, 0.15) is 5.60 Å². The number of aryl methyl sites for hydroxylation is 1. The van der Waals surface area contributed by atoms with E-state index >= 15 is 0 Å². The van der Waals surface area contributed by atoms with E-state index in [9.17, 15) is 9.59 Å². The third kappa shape index (κ3) is 5.16. The molecule has 1 aliphatic rings. The Labute approximate surface area is 196 Å². The number of esters is 1. The number of hydrogen-bond acceptors (Lipinski definition) is 4. The predicted octanol–water partition coefficient (Wildman–Crippen LogP) is 5.71. The van der Waals surface area contributed by atoms with Crippen LogP contribution >= 0.6 is 0 Å². The van der Waals surface area contributed by atoms with E-state index < -0.39 is 17.6 Å². The lowest BCUT2D eigenvalue weighted by molar-refractivity contribution is -0.175. The van der Waals surface area contributed by atoms with Gasteiger partial charge in [0, 0.05) is 12.2 Å². The lowest BCUT2D eigenvalue weighted by Gasteiger charge is -2.42. The molecule has 1 heterocycles. The first-order chi connectivity index (χ1) is 16.1. The van der Waals surface area contributed by atoms with Crippen LogP contribution in [0, 0.1) is 0 Å². The second-order valence-electron chi connectivity index (χ2n) is 8.70. The molecule has 0 bridgehead atoms. The summed E-state index contributed by atoms with van der Waals surface area (Å²) in [5.74, 6) is -0.536. The van der Waals surface area contributed by atoms with Crippen molar-refractivity contribution in [2.75, 3.05) is 11.4 Å². The lowest BCUT2D eigenvalue weighted by atomic mass is 9.80. The van der Waals surface area contributed by atoms with Gasteiger partial charge in [-0.1, -0.05) is 92.2 Å². The molecule has 1 fully saturated rings. The Morgan fingerprint density at radius 1 is 0.879 bits per heavy atom. The molecule has 4 heteroatoms. The number of rotatable bonds is 9. The molecule has 4 nitrogen and oxygen atoms in total. The van der Waals surface area contributed by atoms with E-state index in [-0.39, 0.29) is 12.2 Å². The summed E-state index contributed by atoms with van der Waals surface area (Å²) >= 11 is 0. The molecule has 0 aromatic heterocycles. The van der Waals surface area contributed by atoms with Gasteiger partial charge in [0.05, 0.1) is 6.42 Å². The molecule has 0 saturated carbocycles. The summed E-state index contributed by atoms with van der Waals surface area (Å²) in [6, 6.07) is 28.6. The number of Topliss-reactive ketones (excluding diaryl/α,β-unsaturated/α-hetero) is 1. The minimum atomic E-state index is -0.950. The van der Waals surface area contributed by atoms with E-state index in [0.29, 0.717) is 13.0 Å². The number of para-hydroxylation sites is 1. The van der Waals surface area contributed by atoms with Crippen LogP contribution in [0.3, 0.4) is 0 Å². The first kappa shape index (κ1) is 22.8. The standard InChI is InChI=1S/C29H31NO3/c1-2-3-21-30(25-17-11-6-12-18-25)27-26(31)22-29(33-28(27)32,24-15-9-5-10-16-24)20-19-23-13-7-4-8-14-23/h4-18,27H,2-3,19-22H2,1H3. The van der Waals surface area contributed by atoms with Gasteiger partial charge in [-0.2, -0.15) is 0 Å². The Balaban J connectivity index is 1.64. The molecule has 0 aliphatic carbocycles. The number of ketones is 1. The molecule has 2 atom stereocenters. The first-order valence-corrected chi connectivity index (χ1v) is 11.8. The molecule has 0 radical (unpaired) electrons. The van der Waals surface area contributed by atoms with Crippen molar-refractivity contribution >= 4 is 17.4 Å². The number of carbonyl (C=O) groups excluding carboxylic acids is 2. The Bertz CT molecular complexity index is 1030. The molecule has 3 aromatic rings. The monoisotopic (exact) mass is 441 g/mol. The van der Waals surface area contributed by atoms with Gasteiger partial charge in [0.25, 0.3) is 0 Å². The van der Waals surface area contributed by atoms with E-state index in [1.807, 2.05) is 83.8 Å². The maximum Gasteiger partial charge on any atom is 0.337 e. The van der Waals surface area contributed by atoms with Gasteiger partial charge in [-0.15, -0.1) is 0 Å². The molecular formula is C29H31NO3. The van der Waals surface area contributed by atoms with Gasteiger partial charge in [-0.25, -0.2) is 4.79 Å². The Morgan fingerprint density at radius 2 is 1.48 bits per heavy atom. The van der Waals surface area contributed by atoms with Crippen LogP contribution in [0.4, 0.5) is 5.69 Å². The molecular weight excluding hydrogens is 410 g/mol. The fourth-order valence-electron chi connectivity index (χ4n) is 4.63. The number of unbranched alkanes of at least 4 members (excludes halogenated alkanes) is 1. The molecule has 1 aliphatic heterocycles. The van der Waals surface area contributed by atoms with Gasteiger partial charge in [0.2, 0.25) is 0 Å². The van der Waals surface area contributed by atoms with Gasteiger partial charge in [-0.3, -0.25) is 4.79 Å². The van der Waals surface area contributed by atoms with Crippen molar-refractivity contribution in [3.8, 4) is 0 Å². The Morgan fingerprint density at radius 3 is 2.09 bits per heavy atom. The number of benzene rings is 3. The van der Waals surface area contributed by atoms with E-state index in [1.165, 1.54) is 0 Å². The first-order valence-electron chi connectivity index (χ1n) is 11.8. The molecule has 2 unspecified atom stereocenters. The molecule has 4 rings (SSSR count). The minimum Gasteiger partial charge on any atom is -0.452 e. The number of anilines is 1. The van der Waals surface area contributed by atoms with E-state index in [1.54, 1.807) is 0 Å². The van der Waals surface area contributed by atoms with Crippen molar-refractivity contribution < 1.29 is 14.3 Å². The smallest absolute Gasteiger partial charge is 0.337 e. The van der Waals surface area contributed by atoms with Gasteiger partial charge in [0.15, 0.2) is 11.8 Å². The third-order valence-corrected chi connectivity index (χ3v) is 6.40. The topological polar surface area (TPSA) is 46.6 Å². The normalized spacial score (nSPS) is 20.3. The maximum absolute atomic E-state index is 13.6. The van der Waals surface area contributed by atoms with E-state index in [2.05, 4.69) is 19.1 Å². The van der Waals surface area contributed by atoms with Crippen LogP contribution in [0.25, 0.3) is 0 Å². The van der Waals surface area contributed by atoms with Gasteiger partial charge in [-0.05, 0) is 42.5 Å². The summed E-state index contributed by atoms with van der Waals surface area (Å²) in [5.41, 5.74) is 1.96. The second-order valence-corrected chi connectivity index (χ2v) is 8.70. The highest BCUT2D eigenvalue weighted by atomic mass is 16.6. The van der Waals surface area contributed by atoms with Crippen LogP contribution in [0.1, 0.15) is 43.7 Å². The van der Waals surface area contributed by atoms with Crippen molar-refractivity contribution in [3.63, 3.8) is 0 Å². The number of nitrogens with zero attached hydrogens (tertiary/aromatic N) is 1. The summed E-state index contributed by atoms with van der Waals surface area (Å²) < 4.78 is 6.25. The fourth-order valence-corrected chi connectivity index (χ4v) is 4.63. The van der Waals surface area contributed by atoms with E-state index in [4.69, 9.17) is 4.74 Å². The van der Waals surface area contributed by atoms with Crippen molar-refractivity contribution in [3.05, 3.63) is 102 Å². The van der Waals surface area contributed by atoms with Crippen LogP contribution in [-0.4, -0.2) is 24.3 Å². The highest BCUT2D eigenvalue weighted by Crippen LogP contribution is 2.40. The summed E-state index contributed by atoms with van der Waals surface area (Å²) in [6.45, 7) is 2.74. The molecule has 0 amide bonds. The van der Waals surface area contributed by atoms with Crippen molar-refractivity contribution in [2.24, 2.45) is 0 Å². The van der Waals surface area contributed by atoms with Crippen molar-refractivity contribution in [1.29, 1.82) is 0 Å². The second kappa shape index (κ2) is 10.5. The summed E-state index contributed by atoms with van der Waals surface area (Å²) in [6.07, 6.45) is 3.33. The maximum atomic E-state index is 13.6. The molecule has 0 spiro atoms. The zero-order valence-electron chi connectivity index (χ0n) is 19.2. The zero-order valence-corrected chi connectivity index (χ0v) is 19.2. The number of cyclic esters (lactones) is 1. The van der Waals surface area contributed by atoms with Crippen LogP contribution in [0.2, 0.25) is 0 Å². The number of carbonyl (C=O) groups is 2. The highest BCUT2D eigenvalue weighted by Gasteiger charge is 2.49. The van der Waals surface area contributed by atoms with Gasteiger partial charge < -0.3 is 9.64 Å². The Hall–Kier alpha value is -3.40. The molecule has 0 N–H and O–H groups in total. The van der Waals surface area contributed by atoms with Gasteiger partial charge >= 0.3 is 5.97 Å². The fraction of sp³-hybridized carbons (Fsp3) is 0.310. The summed E-state index contributed by atoms with van der Waals surface area (Å²) in [4.78, 5) is 29.1. The van der Waals surface area contributed by atoms with Crippen molar-refractivity contribution in [1.82, 2.24) is 0 Å². The minimum absolute atomic E-state index is 0.0804. The average molecular weight is 442 g/mol. The zero-order chi connectivity index (χ0) is 23.1. The quantitative estimate of drug-likeness (QED) is 0.315. The Kier molecular flexibility index (Phi) is 7.23. The van der Waals surface area contributed by atoms with Crippen LogP contribution in [-0.2, 0) is 26.3 Å².